The first-order valence-electron chi connectivity index (χ1n) is 32.3. The Bertz CT molecular complexity index is 1010. The van der Waals surface area contributed by atoms with Gasteiger partial charge in [-0.15, -0.1) is 0 Å². The Labute approximate surface area is 438 Å². The number of hydrogen-bond donors (Lipinski definition) is 3. The van der Waals surface area contributed by atoms with E-state index in [9.17, 15) is 19.8 Å². The van der Waals surface area contributed by atoms with Crippen molar-refractivity contribution in [3.8, 4) is 0 Å². The van der Waals surface area contributed by atoms with Gasteiger partial charge in [0.15, 0.2) is 0 Å². The van der Waals surface area contributed by atoms with Crippen LogP contribution in [0.3, 0.4) is 0 Å². The van der Waals surface area contributed by atoms with Crippen LogP contribution in [0.5, 0.6) is 0 Å². The van der Waals surface area contributed by atoms with E-state index < -0.39 is 12.1 Å². The van der Waals surface area contributed by atoms with Gasteiger partial charge in [0, 0.05) is 12.8 Å². The highest BCUT2D eigenvalue weighted by Gasteiger charge is 2.20. The van der Waals surface area contributed by atoms with Crippen LogP contribution in [0.2, 0.25) is 0 Å². The molecule has 418 valence electrons. The van der Waals surface area contributed by atoms with Crippen molar-refractivity contribution >= 4 is 11.9 Å². The van der Waals surface area contributed by atoms with Gasteiger partial charge in [0.1, 0.15) is 0 Å². The molecule has 1 amide bonds. The monoisotopic (exact) mass is 990 g/mol. The fourth-order valence-electron chi connectivity index (χ4n) is 10.5. The molecule has 0 aromatic heterocycles. The third-order valence-electron chi connectivity index (χ3n) is 15.4. The third-order valence-corrected chi connectivity index (χ3v) is 15.4. The molecule has 6 nitrogen and oxygen atoms in total. The SMILES string of the molecule is CCCCCCCCCCCCCCCCCC(O)C(CO)NC(=O)CCCCCCCCCCCCCCCCCCCCCCCCCCCOC(=O)CCCCCCCCCCCCCCC. The summed E-state index contributed by atoms with van der Waals surface area (Å²) in [6.07, 6.45) is 71.2. The van der Waals surface area contributed by atoms with Crippen molar-refractivity contribution in [2.75, 3.05) is 13.2 Å². The molecule has 0 aromatic carbocycles. The number of ether oxygens (including phenoxy) is 1. The summed E-state index contributed by atoms with van der Waals surface area (Å²) in [6, 6.07) is -0.538. The van der Waals surface area contributed by atoms with E-state index in [1.165, 1.54) is 302 Å². The second kappa shape index (κ2) is 60.4. The van der Waals surface area contributed by atoms with Crippen molar-refractivity contribution in [1.82, 2.24) is 5.32 Å². The summed E-state index contributed by atoms with van der Waals surface area (Å²) in [7, 11) is 0. The van der Waals surface area contributed by atoms with E-state index in [2.05, 4.69) is 19.2 Å². The van der Waals surface area contributed by atoms with E-state index in [-0.39, 0.29) is 18.5 Å². The second-order valence-electron chi connectivity index (χ2n) is 22.5. The van der Waals surface area contributed by atoms with Crippen LogP contribution >= 0.6 is 0 Å². The molecule has 70 heavy (non-hydrogen) atoms. The quantitative estimate of drug-likeness (QED) is 0.0417. The zero-order valence-electron chi connectivity index (χ0n) is 47.8. The number of amides is 1. The van der Waals surface area contributed by atoms with Crippen LogP contribution in [-0.2, 0) is 14.3 Å². The van der Waals surface area contributed by atoms with Crippen LogP contribution in [0.15, 0.2) is 0 Å². The second-order valence-corrected chi connectivity index (χ2v) is 22.5. The zero-order valence-corrected chi connectivity index (χ0v) is 47.8. The molecule has 3 N–H and O–H groups in total. The highest BCUT2D eigenvalue weighted by Crippen LogP contribution is 2.19. The van der Waals surface area contributed by atoms with Gasteiger partial charge >= 0.3 is 5.97 Å². The fraction of sp³-hybridized carbons (Fsp3) is 0.969. The van der Waals surface area contributed by atoms with E-state index in [4.69, 9.17) is 4.74 Å². The van der Waals surface area contributed by atoms with Gasteiger partial charge in [0.25, 0.3) is 0 Å². The molecule has 0 fully saturated rings. The lowest BCUT2D eigenvalue weighted by atomic mass is 10.0. The van der Waals surface area contributed by atoms with E-state index in [1.54, 1.807) is 0 Å². The van der Waals surface area contributed by atoms with Crippen molar-refractivity contribution < 1.29 is 24.5 Å². The smallest absolute Gasteiger partial charge is 0.305 e. The largest absolute Gasteiger partial charge is 0.466 e. The highest BCUT2D eigenvalue weighted by atomic mass is 16.5. The number of aliphatic hydroxyl groups excluding tert-OH is 2. The van der Waals surface area contributed by atoms with Gasteiger partial charge in [-0.2, -0.15) is 0 Å². The average Bonchev–Trinajstić information content (AvgIpc) is 3.36. The third kappa shape index (κ3) is 56.2. The van der Waals surface area contributed by atoms with Crippen molar-refractivity contribution in [1.29, 1.82) is 0 Å². The lowest BCUT2D eigenvalue weighted by molar-refractivity contribution is -0.143. The van der Waals surface area contributed by atoms with Crippen molar-refractivity contribution in [3.63, 3.8) is 0 Å². The molecule has 0 saturated carbocycles. The summed E-state index contributed by atoms with van der Waals surface area (Å²) in [5, 5.41) is 23.3. The van der Waals surface area contributed by atoms with Gasteiger partial charge in [-0.1, -0.05) is 335 Å². The number of aliphatic hydroxyl groups is 2. The number of carbonyl (C=O) groups is 2. The van der Waals surface area contributed by atoms with Gasteiger partial charge < -0.3 is 20.3 Å². The van der Waals surface area contributed by atoms with Crippen LogP contribution in [0.1, 0.15) is 373 Å². The molecule has 0 rings (SSSR count). The van der Waals surface area contributed by atoms with Crippen LogP contribution < -0.4 is 5.32 Å². The summed E-state index contributed by atoms with van der Waals surface area (Å²) < 4.78 is 5.49. The number of carbonyl (C=O) groups excluding carboxylic acids is 2. The number of nitrogens with one attached hydrogen (secondary N) is 1. The number of esters is 1. The molecular weight excluding hydrogens is 863 g/mol. The first-order chi connectivity index (χ1) is 34.5. The van der Waals surface area contributed by atoms with Gasteiger partial charge in [-0.3, -0.25) is 9.59 Å². The van der Waals surface area contributed by atoms with Crippen molar-refractivity contribution in [3.05, 3.63) is 0 Å². The molecule has 0 aliphatic heterocycles. The summed E-state index contributed by atoms with van der Waals surface area (Å²) in [5.74, 6) is -0.0110. The maximum atomic E-state index is 12.5. The Kier molecular flexibility index (Phi) is 59.4. The minimum Gasteiger partial charge on any atom is -0.466 e. The van der Waals surface area contributed by atoms with E-state index in [1.807, 2.05) is 0 Å². The molecule has 0 spiro atoms. The molecular formula is C64H127NO5. The zero-order chi connectivity index (χ0) is 50.7. The predicted octanol–water partition coefficient (Wildman–Crippen LogP) is 20.3. The molecule has 0 bridgehead atoms. The molecule has 0 aliphatic carbocycles. The highest BCUT2D eigenvalue weighted by molar-refractivity contribution is 5.76. The van der Waals surface area contributed by atoms with E-state index in [0.29, 0.717) is 25.9 Å². The van der Waals surface area contributed by atoms with Crippen LogP contribution in [0.4, 0.5) is 0 Å². The molecule has 0 aliphatic rings. The van der Waals surface area contributed by atoms with E-state index in [0.717, 1.165) is 38.5 Å². The van der Waals surface area contributed by atoms with E-state index >= 15 is 0 Å². The molecule has 6 heteroatoms. The first kappa shape index (κ1) is 68.9. The Morgan fingerprint density at radius 1 is 0.343 bits per heavy atom. The predicted molar refractivity (Wildman–Crippen MR) is 306 cm³/mol. The summed E-state index contributed by atoms with van der Waals surface area (Å²) in [6.45, 7) is 4.99. The topological polar surface area (TPSA) is 95.9 Å². The Balaban J connectivity index is 3.34. The van der Waals surface area contributed by atoms with Gasteiger partial charge in [0.2, 0.25) is 5.91 Å². The van der Waals surface area contributed by atoms with Crippen LogP contribution in [0.25, 0.3) is 0 Å². The minimum absolute atomic E-state index is 0.0190. The Hall–Kier alpha value is -1.14. The van der Waals surface area contributed by atoms with Crippen molar-refractivity contribution in [2.45, 2.75) is 386 Å². The summed E-state index contributed by atoms with van der Waals surface area (Å²) in [4.78, 5) is 24.5. The molecule has 0 heterocycles. The van der Waals surface area contributed by atoms with Crippen molar-refractivity contribution in [2.24, 2.45) is 0 Å². The molecule has 0 aromatic rings. The molecule has 2 unspecified atom stereocenters. The lowest BCUT2D eigenvalue weighted by Crippen LogP contribution is -2.45. The standard InChI is InChI=1S/C64H127NO5/c1-3-5-7-9-11-13-15-17-29-33-36-40-44-48-52-56-62(67)61(60-66)65-63(68)57-53-49-45-41-37-34-30-27-25-23-21-19-18-20-22-24-26-28-31-35-39-43-47-51-55-59-70-64(69)58-54-50-46-42-38-32-16-14-12-10-8-6-4-2/h61-62,66-67H,3-60H2,1-2H3,(H,65,68). The maximum absolute atomic E-state index is 12.5. The van der Waals surface area contributed by atoms with Crippen LogP contribution in [-0.4, -0.2) is 47.4 Å². The minimum atomic E-state index is -0.661. The van der Waals surface area contributed by atoms with Gasteiger partial charge in [-0.05, 0) is 25.7 Å². The molecule has 0 radical (unpaired) electrons. The van der Waals surface area contributed by atoms with Gasteiger partial charge in [-0.25, -0.2) is 0 Å². The summed E-state index contributed by atoms with van der Waals surface area (Å²) in [5.41, 5.74) is 0. The molecule has 0 saturated heterocycles. The summed E-state index contributed by atoms with van der Waals surface area (Å²) >= 11 is 0. The van der Waals surface area contributed by atoms with Gasteiger partial charge in [0.05, 0.1) is 25.4 Å². The maximum Gasteiger partial charge on any atom is 0.305 e. The Morgan fingerprint density at radius 3 is 0.871 bits per heavy atom. The number of hydrogen-bond acceptors (Lipinski definition) is 5. The Morgan fingerprint density at radius 2 is 0.586 bits per heavy atom. The van der Waals surface area contributed by atoms with Crippen LogP contribution in [0, 0.1) is 0 Å². The number of unbranched alkanes of at least 4 members (excludes halogenated alkanes) is 50. The number of rotatable bonds is 61. The average molecular weight is 991 g/mol. The molecule has 2 atom stereocenters. The first-order valence-corrected chi connectivity index (χ1v) is 32.3. The normalized spacial score (nSPS) is 12.5. The lowest BCUT2D eigenvalue weighted by Gasteiger charge is -2.22. The fourth-order valence-corrected chi connectivity index (χ4v) is 10.5.